The second kappa shape index (κ2) is 10.3. The van der Waals surface area contributed by atoms with Gasteiger partial charge in [0.15, 0.2) is 18.5 Å². The van der Waals surface area contributed by atoms with E-state index in [0.717, 1.165) is 12.0 Å². The van der Waals surface area contributed by atoms with Gasteiger partial charge in [-0.15, -0.1) is 0 Å². The molecular formula is C15H23NO9S. The van der Waals surface area contributed by atoms with E-state index < -0.39 is 54.5 Å². The van der Waals surface area contributed by atoms with Gasteiger partial charge >= 0.3 is 17.9 Å². The number of rotatable bonds is 7. The van der Waals surface area contributed by atoms with E-state index in [1.54, 1.807) is 6.26 Å². The summed E-state index contributed by atoms with van der Waals surface area (Å²) in [5.41, 5.74) is 0. The Labute approximate surface area is 155 Å². The van der Waals surface area contributed by atoms with Gasteiger partial charge in [-0.2, -0.15) is 0 Å². The molecule has 0 aliphatic carbocycles. The lowest BCUT2D eigenvalue weighted by molar-refractivity contribution is -0.254. The third-order valence-corrected chi connectivity index (χ3v) is 3.64. The summed E-state index contributed by atoms with van der Waals surface area (Å²) in [6, 6.07) is -0.943. The molecule has 1 N–H and O–H groups in total. The Bertz CT molecular complexity index is 541. The van der Waals surface area contributed by atoms with E-state index in [-0.39, 0.29) is 6.61 Å². The summed E-state index contributed by atoms with van der Waals surface area (Å²) in [7, 11) is 0. The highest BCUT2D eigenvalue weighted by Crippen LogP contribution is 2.29. The van der Waals surface area contributed by atoms with Crippen LogP contribution in [0.25, 0.3) is 0 Å². The number of carbonyl (C=O) groups excluding carboxylic acids is 4. The van der Waals surface area contributed by atoms with E-state index in [2.05, 4.69) is 5.32 Å². The Morgan fingerprint density at radius 1 is 0.962 bits per heavy atom. The highest BCUT2D eigenvalue weighted by atomic mass is 32.2. The maximum atomic E-state index is 11.6. The smallest absolute Gasteiger partial charge is 0.303 e. The van der Waals surface area contributed by atoms with Gasteiger partial charge in [-0.05, 0) is 12.0 Å². The Balaban J connectivity index is 3.22. The van der Waals surface area contributed by atoms with E-state index in [1.807, 2.05) is 0 Å². The third-order valence-electron chi connectivity index (χ3n) is 3.26. The molecule has 1 heterocycles. The first kappa shape index (κ1) is 22.2. The fourth-order valence-corrected chi connectivity index (χ4v) is 2.82. The van der Waals surface area contributed by atoms with Crippen LogP contribution in [-0.4, -0.2) is 67.3 Å². The zero-order valence-electron chi connectivity index (χ0n) is 15.2. The van der Waals surface area contributed by atoms with Crippen LogP contribution in [0.15, 0.2) is 0 Å². The molecule has 0 aromatic carbocycles. The molecule has 0 saturated carbocycles. The summed E-state index contributed by atoms with van der Waals surface area (Å²) >= 11 is 0.969. The topological polar surface area (TPSA) is 126 Å². The van der Waals surface area contributed by atoms with E-state index in [4.69, 9.17) is 23.1 Å². The molecule has 5 atom stereocenters. The first-order valence-electron chi connectivity index (χ1n) is 7.75. The predicted octanol–water partition coefficient (Wildman–Crippen LogP) is -0.0629. The van der Waals surface area contributed by atoms with Crippen LogP contribution < -0.4 is 5.32 Å². The van der Waals surface area contributed by atoms with Crippen molar-refractivity contribution in [3.63, 3.8) is 0 Å². The molecule has 1 aliphatic rings. The summed E-state index contributed by atoms with van der Waals surface area (Å²) in [6.07, 6.45) is -2.59. The van der Waals surface area contributed by atoms with Crippen molar-refractivity contribution >= 4 is 35.9 Å². The molecule has 26 heavy (non-hydrogen) atoms. The van der Waals surface area contributed by atoms with E-state index in [1.165, 1.54) is 27.7 Å². The van der Waals surface area contributed by atoms with Crippen molar-refractivity contribution in [1.29, 1.82) is 0 Å². The van der Waals surface area contributed by atoms with Crippen LogP contribution in [0.4, 0.5) is 0 Å². The van der Waals surface area contributed by atoms with Crippen molar-refractivity contribution in [3.8, 4) is 0 Å². The Morgan fingerprint density at radius 3 is 2.00 bits per heavy atom. The van der Waals surface area contributed by atoms with Gasteiger partial charge < -0.3 is 24.3 Å². The first-order valence-corrected chi connectivity index (χ1v) is 8.90. The predicted molar refractivity (Wildman–Crippen MR) is 88.6 cm³/mol. The minimum Gasteiger partial charge on any atom is -0.463 e. The van der Waals surface area contributed by atoms with Crippen molar-refractivity contribution < 1.29 is 42.3 Å². The molecule has 1 fully saturated rings. The largest absolute Gasteiger partial charge is 0.463 e. The van der Waals surface area contributed by atoms with Gasteiger partial charge in [0, 0.05) is 34.0 Å². The summed E-state index contributed by atoms with van der Waals surface area (Å²) in [5.74, 6) is -2.30. The molecule has 1 amide bonds. The Morgan fingerprint density at radius 2 is 1.54 bits per heavy atom. The molecule has 1 aliphatic heterocycles. The quantitative estimate of drug-likeness (QED) is 0.357. The van der Waals surface area contributed by atoms with Crippen LogP contribution >= 0.6 is 12.0 Å². The van der Waals surface area contributed by atoms with Crippen molar-refractivity contribution in [1.82, 2.24) is 5.32 Å². The summed E-state index contributed by atoms with van der Waals surface area (Å²) in [5, 5.41) is 2.58. The summed E-state index contributed by atoms with van der Waals surface area (Å²) in [4.78, 5) is 45.8. The molecule has 0 aromatic rings. The lowest BCUT2D eigenvalue weighted by Crippen LogP contribution is -2.66. The number of amides is 1. The summed E-state index contributed by atoms with van der Waals surface area (Å²) in [6.45, 7) is 4.57. The molecule has 1 rings (SSSR count). The molecule has 1 saturated heterocycles. The number of ether oxygens (including phenoxy) is 4. The Hall–Kier alpha value is -1.85. The molecule has 0 spiro atoms. The second-order valence-corrected chi connectivity index (χ2v) is 6.01. The van der Waals surface area contributed by atoms with Gasteiger partial charge in [0.1, 0.15) is 18.8 Å². The van der Waals surface area contributed by atoms with E-state index in [0.29, 0.717) is 0 Å². The van der Waals surface area contributed by atoms with Gasteiger partial charge in [-0.3, -0.25) is 23.4 Å². The number of hydrogen-bond donors (Lipinski definition) is 1. The van der Waals surface area contributed by atoms with Crippen LogP contribution in [0.3, 0.4) is 0 Å². The molecule has 148 valence electrons. The number of nitrogens with one attached hydrogen (secondary N) is 1. The minimum absolute atomic E-state index is 0.258. The Kier molecular flexibility index (Phi) is 8.82. The molecule has 0 radical (unpaired) electrons. The zero-order valence-corrected chi connectivity index (χ0v) is 16.0. The fourth-order valence-electron chi connectivity index (χ4n) is 2.47. The van der Waals surface area contributed by atoms with E-state index in [9.17, 15) is 19.2 Å². The highest BCUT2D eigenvalue weighted by molar-refractivity contribution is 7.93. The number of carbonyl (C=O) groups is 4. The van der Waals surface area contributed by atoms with Crippen LogP contribution in [0, 0.1) is 0 Å². The molecule has 0 unspecified atom stereocenters. The van der Waals surface area contributed by atoms with Crippen LogP contribution in [-0.2, 0) is 42.3 Å². The first-order chi connectivity index (χ1) is 12.1. The highest BCUT2D eigenvalue weighted by Gasteiger charge is 2.51. The SMILES string of the molecule is CSO[C@@H]1O[C@@H](COC(C)=O)[C@@H](OC(C)=O)[C@@H](OC(C)=O)[C@@H]1NC(C)=O. The number of esters is 3. The minimum atomic E-state index is -1.12. The summed E-state index contributed by atoms with van der Waals surface area (Å²) < 4.78 is 26.6. The van der Waals surface area contributed by atoms with Crippen molar-refractivity contribution in [2.75, 3.05) is 12.9 Å². The van der Waals surface area contributed by atoms with Crippen molar-refractivity contribution in [2.24, 2.45) is 0 Å². The van der Waals surface area contributed by atoms with Gasteiger partial charge in [0.25, 0.3) is 0 Å². The average molecular weight is 393 g/mol. The van der Waals surface area contributed by atoms with Gasteiger partial charge in [-0.25, -0.2) is 0 Å². The molecular weight excluding hydrogens is 370 g/mol. The maximum absolute atomic E-state index is 11.6. The van der Waals surface area contributed by atoms with Crippen LogP contribution in [0.1, 0.15) is 27.7 Å². The van der Waals surface area contributed by atoms with Gasteiger partial charge in [0.2, 0.25) is 5.91 Å². The normalized spacial score (nSPS) is 28.0. The zero-order chi connectivity index (χ0) is 19.9. The van der Waals surface area contributed by atoms with Crippen molar-refractivity contribution in [2.45, 2.75) is 58.3 Å². The number of hydrogen-bond acceptors (Lipinski definition) is 10. The van der Waals surface area contributed by atoms with Crippen LogP contribution in [0.2, 0.25) is 0 Å². The average Bonchev–Trinajstić information content (AvgIpc) is 2.50. The molecule has 0 bridgehead atoms. The lowest BCUT2D eigenvalue weighted by atomic mass is 9.96. The maximum Gasteiger partial charge on any atom is 0.303 e. The van der Waals surface area contributed by atoms with Gasteiger partial charge in [0.05, 0.1) is 0 Å². The third kappa shape index (κ3) is 6.81. The monoisotopic (exact) mass is 393 g/mol. The lowest BCUT2D eigenvalue weighted by Gasteiger charge is -2.44. The second-order valence-electron chi connectivity index (χ2n) is 5.48. The van der Waals surface area contributed by atoms with Crippen molar-refractivity contribution in [3.05, 3.63) is 0 Å². The van der Waals surface area contributed by atoms with E-state index >= 15 is 0 Å². The van der Waals surface area contributed by atoms with Crippen LogP contribution in [0.5, 0.6) is 0 Å². The molecule has 0 aromatic heterocycles. The molecule has 11 heteroatoms. The van der Waals surface area contributed by atoms with Gasteiger partial charge in [-0.1, -0.05) is 0 Å². The fraction of sp³-hybridized carbons (Fsp3) is 0.733. The molecule has 10 nitrogen and oxygen atoms in total. The standard InChI is InChI=1S/C15H23NO9S/c1-7(17)16-12-14(23-10(4)20)13(22-9(3)19)11(6-21-8(2)18)24-15(12)25-26-5/h11-15H,6H2,1-5H3,(H,16,17)/t11-,12-,13+,14-,15-/m0/s1.